The normalized spacial score (nSPS) is 13.2. The maximum absolute atomic E-state index is 12.7. The number of nitrogens with two attached hydrogens (primary N) is 2. The van der Waals surface area contributed by atoms with Gasteiger partial charge in [0, 0.05) is 23.9 Å². The second kappa shape index (κ2) is 13.6. The predicted octanol–water partition coefficient (Wildman–Crippen LogP) is 1.60. The molecule has 1 heterocycles. The van der Waals surface area contributed by atoms with Gasteiger partial charge in [-0.2, -0.15) is 0 Å². The second-order valence-corrected chi connectivity index (χ2v) is 8.74. The Morgan fingerprint density at radius 2 is 1.32 bits per heavy atom. The van der Waals surface area contributed by atoms with E-state index in [1.807, 2.05) is 0 Å². The smallest absolute Gasteiger partial charge is 0.412 e. The van der Waals surface area contributed by atoms with Gasteiger partial charge >= 0.3 is 24.1 Å². The van der Waals surface area contributed by atoms with E-state index in [2.05, 4.69) is 20.1 Å². The summed E-state index contributed by atoms with van der Waals surface area (Å²) < 4.78 is 26.2. The van der Waals surface area contributed by atoms with Crippen LogP contribution in [0.2, 0.25) is 0 Å². The number of fused-ring (bicyclic) bond motifs is 2. The highest BCUT2D eigenvalue weighted by molar-refractivity contribution is 6.11. The van der Waals surface area contributed by atoms with Crippen molar-refractivity contribution in [3.63, 3.8) is 0 Å². The van der Waals surface area contributed by atoms with Gasteiger partial charge in [0.25, 0.3) is 0 Å². The standard InChI is InChI=1S/C26H32N4O10/c1-13(31)19-12-16-20(39-25(34)29-10-8-17(27)23(32)36-2)14-6-4-5-7-15(14)21(22(16)38-19)40-26(35)30-11-9-18(28)24(33)37-3/h4-7,12-13,17-18,31H,8-11,27-28H2,1-3H3,(H,29,34)(H,30,35)/t13?,17-,18-/m0/s1. The average molecular weight is 561 g/mol. The van der Waals surface area contributed by atoms with Crippen LogP contribution in [0.25, 0.3) is 21.7 Å². The van der Waals surface area contributed by atoms with Crippen molar-refractivity contribution in [3.8, 4) is 11.5 Å². The number of benzene rings is 2. The molecule has 0 spiro atoms. The molecule has 7 N–H and O–H groups in total. The first kappa shape index (κ1) is 30.1. The molecule has 2 aromatic carbocycles. The highest BCUT2D eigenvalue weighted by Crippen LogP contribution is 2.45. The van der Waals surface area contributed by atoms with Gasteiger partial charge in [0.15, 0.2) is 17.1 Å². The van der Waals surface area contributed by atoms with Crippen LogP contribution in [0.15, 0.2) is 34.7 Å². The zero-order chi connectivity index (χ0) is 29.4. The molecule has 216 valence electrons. The lowest BCUT2D eigenvalue weighted by Crippen LogP contribution is -2.37. The van der Waals surface area contributed by atoms with Gasteiger partial charge in [-0.25, -0.2) is 9.59 Å². The number of amides is 2. The zero-order valence-corrected chi connectivity index (χ0v) is 22.2. The number of rotatable bonds is 11. The first-order valence-electron chi connectivity index (χ1n) is 12.3. The van der Waals surface area contributed by atoms with Crippen LogP contribution in [0.3, 0.4) is 0 Å². The molecule has 1 aromatic heterocycles. The van der Waals surface area contributed by atoms with E-state index in [0.29, 0.717) is 10.8 Å². The molecule has 2 amide bonds. The van der Waals surface area contributed by atoms with E-state index in [0.717, 1.165) is 0 Å². The fourth-order valence-corrected chi connectivity index (χ4v) is 3.77. The largest absolute Gasteiger partial charge is 0.468 e. The van der Waals surface area contributed by atoms with Crippen molar-refractivity contribution in [3.05, 3.63) is 36.1 Å². The minimum absolute atomic E-state index is 0.0177. The predicted molar refractivity (Wildman–Crippen MR) is 142 cm³/mol. The Morgan fingerprint density at radius 3 is 1.80 bits per heavy atom. The summed E-state index contributed by atoms with van der Waals surface area (Å²) in [5, 5.41) is 16.2. The van der Waals surface area contributed by atoms with Crippen LogP contribution in [-0.2, 0) is 19.1 Å². The Morgan fingerprint density at radius 1 is 0.850 bits per heavy atom. The van der Waals surface area contributed by atoms with E-state index in [4.69, 9.17) is 25.4 Å². The van der Waals surface area contributed by atoms with E-state index >= 15 is 0 Å². The summed E-state index contributed by atoms with van der Waals surface area (Å²) in [5.74, 6) is -0.987. The van der Waals surface area contributed by atoms with E-state index in [1.165, 1.54) is 27.2 Å². The summed E-state index contributed by atoms with van der Waals surface area (Å²) in [7, 11) is 2.42. The van der Waals surface area contributed by atoms with Gasteiger partial charge in [-0.15, -0.1) is 0 Å². The van der Waals surface area contributed by atoms with Gasteiger partial charge < -0.3 is 50.6 Å². The number of esters is 2. The molecule has 0 aliphatic carbocycles. The third-order valence-electron chi connectivity index (χ3n) is 5.88. The van der Waals surface area contributed by atoms with Gasteiger partial charge in [0.05, 0.1) is 19.6 Å². The number of ether oxygens (including phenoxy) is 4. The number of aliphatic hydroxyl groups is 1. The maximum atomic E-state index is 12.7. The van der Waals surface area contributed by atoms with Gasteiger partial charge in [-0.3, -0.25) is 9.59 Å². The van der Waals surface area contributed by atoms with Crippen LogP contribution in [0.5, 0.6) is 11.5 Å². The van der Waals surface area contributed by atoms with Crippen LogP contribution in [0.1, 0.15) is 31.6 Å². The van der Waals surface area contributed by atoms with Gasteiger partial charge in [-0.1, -0.05) is 24.3 Å². The zero-order valence-electron chi connectivity index (χ0n) is 22.2. The van der Waals surface area contributed by atoms with Crippen molar-refractivity contribution < 1.29 is 47.6 Å². The summed E-state index contributed by atoms with van der Waals surface area (Å²) in [6, 6.07) is 6.30. The van der Waals surface area contributed by atoms with Gasteiger partial charge in [0.1, 0.15) is 23.9 Å². The third kappa shape index (κ3) is 7.16. The van der Waals surface area contributed by atoms with Crippen LogP contribution in [0.4, 0.5) is 9.59 Å². The second-order valence-electron chi connectivity index (χ2n) is 8.74. The van der Waals surface area contributed by atoms with Crippen molar-refractivity contribution in [2.24, 2.45) is 11.5 Å². The van der Waals surface area contributed by atoms with Crippen LogP contribution in [0, 0.1) is 0 Å². The van der Waals surface area contributed by atoms with Crippen molar-refractivity contribution in [1.29, 1.82) is 0 Å². The Labute approximate surface area is 228 Å². The Hall–Kier alpha value is -4.40. The number of nitrogens with one attached hydrogen (secondary N) is 2. The highest BCUT2D eigenvalue weighted by Gasteiger charge is 2.25. The number of methoxy groups -OCH3 is 2. The summed E-state index contributed by atoms with van der Waals surface area (Å²) in [6.07, 6.45) is -2.50. The fraction of sp³-hybridized carbons (Fsp3) is 0.385. The molecule has 3 atom stereocenters. The van der Waals surface area contributed by atoms with E-state index in [9.17, 15) is 24.3 Å². The number of furan rings is 1. The summed E-state index contributed by atoms with van der Waals surface area (Å²) >= 11 is 0. The lowest BCUT2D eigenvalue weighted by atomic mass is 10.0. The quantitative estimate of drug-likeness (QED) is 0.211. The van der Waals surface area contributed by atoms with Crippen molar-refractivity contribution in [2.75, 3.05) is 27.3 Å². The Kier molecular flexibility index (Phi) is 10.2. The summed E-state index contributed by atoms with van der Waals surface area (Å²) in [5.41, 5.74) is 11.4. The lowest BCUT2D eigenvalue weighted by molar-refractivity contribution is -0.143. The van der Waals surface area contributed by atoms with Crippen LogP contribution in [-0.4, -0.2) is 68.6 Å². The highest BCUT2D eigenvalue weighted by atomic mass is 16.6. The molecule has 14 nitrogen and oxygen atoms in total. The molecule has 3 aromatic rings. The van der Waals surface area contributed by atoms with Crippen molar-refractivity contribution >= 4 is 45.9 Å². The van der Waals surface area contributed by atoms with Crippen LogP contribution < -0.4 is 31.6 Å². The molecule has 1 unspecified atom stereocenters. The number of hydrogen-bond acceptors (Lipinski definition) is 12. The molecule has 0 aliphatic heterocycles. The average Bonchev–Trinajstić information content (AvgIpc) is 3.39. The summed E-state index contributed by atoms with van der Waals surface area (Å²) in [6.45, 7) is 1.53. The molecule has 0 bridgehead atoms. The molecule has 0 fully saturated rings. The summed E-state index contributed by atoms with van der Waals surface area (Å²) in [4.78, 5) is 48.3. The van der Waals surface area contributed by atoms with E-state index in [-0.39, 0.29) is 54.2 Å². The first-order chi connectivity index (χ1) is 19.1. The number of carbonyl (C=O) groups is 4. The minimum atomic E-state index is -1.03. The SMILES string of the molecule is COC(=O)[C@@H](N)CCNC(=O)Oc1c2ccccc2c(OC(=O)NCC[C@H](N)C(=O)OC)c2oc(C(C)O)cc12. The topological polar surface area (TPSA) is 215 Å². The van der Waals surface area contributed by atoms with Crippen LogP contribution >= 0.6 is 0 Å². The monoisotopic (exact) mass is 560 g/mol. The number of aliphatic hydroxyl groups excluding tert-OH is 1. The molecule has 0 aliphatic rings. The van der Waals surface area contributed by atoms with Crippen molar-refractivity contribution in [1.82, 2.24) is 10.6 Å². The fourth-order valence-electron chi connectivity index (χ4n) is 3.77. The molecule has 40 heavy (non-hydrogen) atoms. The first-order valence-corrected chi connectivity index (χ1v) is 12.3. The van der Waals surface area contributed by atoms with Crippen molar-refractivity contribution in [2.45, 2.75) is 38.0 Å². The molecule has 14 heteroatoms. The molecular weight excluding hydrogens is 528 g/mol. The molecule has 0 saturated carbocycles. The molecule has 0 saturated heterocycles. The minimum Gasteiger partial charge on any atom is -0.468 e. The van der Waals surface area contributed by atoms with Gasteiger partial charge in [0.2, 0.25) is 0 Å². The number of carbonyl (C=O) groups excluding carboxylic acids is 4. The lowest BCUT2D eigenvalue weighted by Gasteiger charge is -2.15. The maximum Gasteiger partial charge on any atom is 0.412 e. The van der Waals surface area contributed by atoms with Gasteiger partial charge in [-0.05, 0) is 25.8 Å². The Balaban J connectivity index is 1.89. The Bertz CT molecular complexity index is 1290. The van der Waals surface area contributed by atoms with E-state index < -0.39 is 42.3 Å². The molecule has 3 rings (SSSR count). The number of hydrogen-bond donors (Lipinski definition) is 5. The third-order valence-corrected chi connectivity index (χ3v) is 5.88. The molecule has 0 radical (unpaired) electrons. The molecular formula is C26H32N4O10. The van der Waals surface area contributed by atoms with E-state index in [1.54, 1.807) is 24.3 Å².